The highest BCUT2D eigenvalue weighted by atomic mass is 79.9. The van der Waals surface area contributed by atoms with Crippen LogP contribution in [0.15, 0.2) is 22.7 Å². The van der Waals surface area contributed by atoms with Crippen molar-refractivity contribution < 1.29 is 19.4 Å². The van der Waals surface area contributed by atoms with Crippen molar-refractivity contribution in [2.75, 3.05) is 7.11 Å². The highest BCUT2D eigenvalue weighted by molar-refractivity contribution is 9.10. The average molecular weight is 316 g/mol. The second-order valence-corrected chi connectivity index (χ2v) is 4.68. The van der Waals surface area contributed by atoms with Gasteiger partial charge in [-0.05, 0) is 25.1 Å². The molecule has 0 saturated heterocycles. The van der Waals surface area contributed by atoms with Gasteiger partial charge in [0.25, 0.3) is 0 Å². The van der Waals surface area contributed by atoms with E-state index in [9.17, 15) is 9.59 Å². The smallest absolute Gasteiger partial charge is 0.325 e. The summed E-state index contributed by atoms with van der Waals surface area (Å²) < 4.78 is 5.97. The molecule has 5 nitrogen and oxygen atoms in total. The first-order valence-electron chi connectivity index (χ1n) is 5.28. The van der Waals surface area contributed by atoms with Gasteiger partial charge in [0.05, 0.1) is 13.5 Å². The predicted molar refractivity (Wildman–Crippen MR) is 69.6 cm³/mol. The van der Waals surface area contributed by atoms with Gasteiger partial charge < -0.3 is 15.2 Å². The van der Waals surface area contributed by atoms with Crippen LogP contribution in [0, 0.1) is 0 Å². The normalized spacial score (nSPS) is 11.7. The van der Waals surface area contributed by atoms with Crippen LogP contribution >= 0.6 is 15.9 Å². The zero-order valence-corrected chi connectivity index (χ0v) is 11.7. The SMILES string of the molecule is COc1ccc(Br)cc1CC(=O)N[C@@H](C)C(=O)O. The highest BCUT2D eigenvalue weighted by Gasteiger charge is 2.15. The summed E-state index contributed by atoms with van der Waals surface area (Å²) in [4.78, 5) is 22.3. The molecule has 1 aromatic rings. The lowest BCUT2D eigenvalue weighted by Gasteiger charge is -2.11. The van der Waals surface area contributed by atoms with Crippen LogP contribution in [-0.4, -0.2) is 30.1 Å². The largest absolute Gasteiger partial charge is 0.496 e. The molecule has 0 aromatic heterocycles. The van der Waals surface area contributed by atoms with Gasteiger partial charge in [-0.25, -0.2) is 0 Å². The number of rotatable bonds is 5. The minimum absolute atomic E-state index is 0.0697. The van der Waals surface area contributed by atoms with Crippen LogP contribution in [0.3, 0.4) is 0 Å². The quantitative estimate of drug-likeness (QED) is 0.865. The molecule has 1 rings (SSSR count). The number of aliphatic carboxylic acids is 1. The summed E-state index contributed by atoms with van der Waals surface area (Å²) in [7, 11) is 1.52. The molecule has 0 aliphatic heterocycles. The standard InChI is InChI=1S/C12H14BrNO4/c1-7(12(16)17)14-11(15)6-8-5-9(13)3-4-10(8)18-2/h3-5,7H,6H2,1-2H3,(H,14,15)(H,16,17)/t7-/m0/s1. The molecule has 0 spiro atoms. The van der Waals surface area contributed by atoms with E-state index in [2.05, 4.69) is 21.2 Å². The van der Waals surface area contributed by atoms with Crippen LogP contribution in [0.4, 0.5) is 0 Å². The topological polar surface area (TPSA) is 75.6 Å². The van der Waals surface area contributed by atoms with Gasteiger partial charge in [0.15, 0.2) is 0 Å². The van der Waals surface area contributed by atoms with Gasteiger partial charge >= 0.3 is 5.97 Å². The van der Waals surface area contributed by atoms with Crippen LogP contribution in [0.25, 0.3) is 0 Å². The predicted octanol–water partition coefficient (Wildman–Crippen LogP) is 1.59. The number of benzene rings is 1. The van der Waals surface area contributed by atoms with E-state index in [1.165, 1.54) is 14.0 Å². The van der Waals surface area contributed by atoms with Crippen LogP contribution in [0.5, 0.6) is 5.75 Å². The van der Waals surface area contributed by atoms with Gasteiger partial charge in [-0.15, -0.1) is 0 Å². The van der Waals surface area contributed by atoms with Crippen molar-refractivity contribution in [2.24, 2.45) is 0 Å². The Morgan fingerprint density at radius 3 is 2.72 bits per heavy atom. The Bertz CT molecular complexity index is 461. The molecule has 0 saturated carbocycles. The molecule has 0 fully saturated rings. The van der Waals surface area contributed by atoms with Gasteiger partial charge in [0, 0.05) is 10.0 Å². The average Bonchev–Trinajstić information content (AvgIpc) is 2.28. The highest BCUT2D eigenvalue weighted by Crippen LogP contribution is 2.23. The number of halogens is 1. The van der Waals surface area contributed by atoms with E-state index in [0.29, 0.717) is 11.3 Å². The van der Waals surface area contributed by atoms with Crippen molar-refractivity contribution >= 4 is 27.8 Å². The Labute approximate surface area is 113 Å². The number of amides is 1. The van der Waals surface area contributed by atoms with E-state index in [0.717, 1.165) is 4.47 Å². The fourth-order valence-electron chi connectivity index (χ4n) is 1.41. The molecule has 98 valence electrons. The summed E-state index contributed by atoms with van der Waals surface area (Å²) in [6.07, 6.45) is 0.0697. The van der Waals surface area contributed by atoms with Gasteiger partial charge in [-0.1, -0.05) is 15.9 Å². The Balaban J connectivity index is 2.75. The van der Waals surface area contributed by atoms with E-state index in [-0.39, 0.29) is 12.3 Å². The van der Waals surface area contributed by atoms with E-state index < -0.39 is 12.0 Å². The van der Waals surface area contributed by atoms with Crippen molar-refractivity contribution in [2.45, 2.75) is 19.4 Å². The number of carbonyl (C=O) groups is 2. The third-order valence-corrected chi connectivity index (χ3v) is 2.83. The fourth-order valence-corrected chi connectivity index (χ4v) is 1.82. The first-order valence-corrected chi connectivity index (χ1v) is 6.08. The molecule has 0 aliphatic rings. The molecule has 0 heterocycles. The minimum Gasteiger partial charge on any atom is -0.496 e. The van der Waals surface area contributed by atoms with Crippen molar-refractivity contribution in [3.05, 3.63) is 28.2 Å². The summed E-state index contributed by atoms with van der Waals surface area (Å²) in [5.41, 5.74) is 0.696. The van der Waals surface area contributed by atoms with Gasteiger partial charge in [-0.3, -0.25) is 9.59 Å². The number of carboxylic acid groups (broad SMARTS) is 1. The number of hydrogen-bond acceptors (Lipinski definition) is 3. The first kappa shape index (κ1) is 14.5. The number of nitrogens with one attached hydrogen (secondary N) is 1. The lowest BCUT2D eigenvalue weighted by molar-refractivity contribution is -0.141. The third-order valence-electron chi connectivity index (χ3n) is 2.34. The third kappa shape index (κ3) is 4.03. The summed E-state index contributed by atoms with van der Waals surface area (Å²) in [6, 6.07) is 4.41. The number of carbonyl (C=O) groups excluding carboxylic acids is 1. The van der Waals surface area contributed by atoms with Gasteiger partial charge in [0.1, 0.15) is 11.8 Å². The molecule has 6 heteroatoms. The maximum absolute atomic E-state index is 11.7. The van der Waals surface area contributed by atoms with Crippen LogP contribution < -0.4 is 10.1 Å². The van der Waals surface area contributed by atoms with Crippen LogP contribution in [0.1, 0.15) is 12.5 Å². The lowest BCUT2D eigenvalue weighted by atomic mass is 10.1. The molecular formula is C12H14BrNO4. The molecule has 0 unspecified atom stereocenters. The summed E-state index contributed by atoms with van der Waals surface area (Å²) in [5.74, 6) is -0.831. The summed E-state index contributed by atoms with van der Waals surface area (Å²) >= 11 is 3.31. The number of carboxylic acids is 1. The maximum Gasteiger partial charge on any atom is 0.325 e. The van der Waals surface area contributed by atoms with Crippen molar-refractivity contribution in [1.82, 2.24) is 5.32 Å². The molecule has 1 atom stereocenters. The Morgan fingerprint density at radius 1 is 1.50 bits per heavy atom. The zero-order valence-electron chi connectivity index (χ0n) is 10.1. The maximum atomic E-state index is 11.7. The minimum atomic E-state index is -1.07. The van der Waals surface area contributed by atoms with E-state index >= 15 is 0 Å². The van der Waals surface area contributed by atoms with E-state index in [1.54, 1.807) is 18.2 Å². The molecule has 0 bridgehead atoms. The second-order valence-electron chi connectivity index (χ2n) is 3.76. The van der Waals surface area contributed by atoms with Crippen LogP contribution in [0.2, 0.25) is 0 Å². The van der Waals surface area contributed by atoms with Crippen molar-refractivity contribution in [3.8, 4) is 5.75 Å². The fraction of sp³-hybridized carbons (Fsp3) is 0.333. The number of hydrogen-bond donors (Lipinski definition) is 2. The first-order chi connectivity index (χ1) is 8.43. The van der Waals surface area contributed by atoms with E-state index in [4.69, 9.17) is 9.84 Å². The molecular weight excluding hydrogens is 302 g/mol. The second kappa shape index (κ2) is 6.39. The molecule has 0 aliphatic carbocycles. The Morgan fingerprint density at radius 2 is 2.17 bits per heavy atom. The molecule has 1 amide bonds. The zero-order chi connectivity index (χ0) is 13.7. The van der Waals surface area contributed by atoms with Crippen molar-refractivity contribution in [3.63, 3.8) is 0 Å². The Kier molecular flexibility index (Phi) is 5.15. The summed E-state index contributed by atoms with van der Waals surface area (Å²) in [5, 5.41) is 11.1. The summed E-state index contributed by atoms with van der Waals surface area (Å²) in [6.45, 7) is 1.42. The monoisotopic (exact) mass is 315 g/mol. The molecule has 18 heavy (non-hydrogen) atoms. The van der Waals surface area contributed by atoms with Gasteiger partial charge in [0.2, 0.25) is 5.91 Å². The molecule has 1 aromatic carbocycles. The van der Waals surface area contributed by atoms with Crippen LogP contribution in [-0.2, 0) is 16.0 Å². The van der Waals surface area contributed by atoms with E-state index in [1.807, 2.05) is 0 Å². The Hall–Kier alpha value is -1.56. The van der Waals surface area contributed by atoms with Crippen molar-refractivity contribution in [1.29, 1.82) is 0 Å². The number of ether oxygens (including phenoxy) is 1. The molecule has 0 radical (unpaired) electrons. The lowest BCUT2D eigenvalue weighted by Crippen LogP contribution is -2.39. The van der Waals surface area contributed by atoms with Gasteiger partial charge in [-0.2, -0.15) is 0 Å². The molecule has 2 N–H and O–H groups in total. The number of methoxy groups -OCH3 is 1.